The summed E-state index contributed by atoms with van der Waals surface area (Å²) in [6.07, 6.45) is 3.13. The second-order valence-electron chi connectivity index (χ2n) is 4.57. The lowest BCUT2D eigenvalue weighted by atomic mass is 10.0. The fourth-order valence-corrected chi connectivity index (χ4v) is 2.57. The van der Waals surface area contributed by atoms with Crippen LogP contribution >= 0.6 is 11.8 Å². The van der Waals surface area contributed by atoms with E-state index in [-0.39, 0.29) is 23.9 Å². The summed E-state index contributed by atoms with van der Waals surface area (Å²) in [5.41, 5.74) is 0. The molecule has 100 valence electrons. The molecule has 1 rings (SSSR count). The molecule has 0 radical (unpaired) electrons. The number of thioether (sulfide) groups is 1. The van der Waals surface area contributed by atoms with E-state index in [0.29, 0.717) is 13.2 Å². The topological polar surface area (TPSA) is 50.4 Å². The molecule has 1 aliphatic rings. The third kappa shape index (κ3) is 4.85. The molecule has 0 spiro atoms. The molecule has 0 aromatic heterocycles. The molecule has 1 saturated heterocycles. The molecule has 1 aliphatic heterocycles. The number of carbonyl (C=O) groups excluding carboxylic acids is 1. The van der Waals surface area contributed by atoms with Gasteiger partial charge in [-0.1, -0.05) is 6.92 Å². The van der Waals surface area contributed by atoms with Crippen LogP contribution in [0.3, 0.4) is 0 Å². The van der Waals surface area contributed by atoms with Gasteiger partial charge >= 0.3 is 0 Å². The van der Waals surface area contributed by atoms with E-state index in [1.54, 1.807) is 11.8 Å². The Morgan fingerprint density at radius 2 is 2.29 bits per heavy atom. The number of nitrogens with one attached hydrogen (secondary N) is 2. The molecule has 2 N–H and O–H groups in total. The summed E-state index contributed by atoms with van der Waals surface area (Å²) in [4.78, 5) is 12.1. The Kier molecular flexibility index (Phi) is 6.92. The van der Waals surface area contributed by atoms with Crippen molar-refractivity contribution in [2.24, 2.45) is 5.92 Å². The van der Waals surface area contributed by atoms with Gasteiger partial charge in [-0.15, -0.1) is 0 Å². The fourth-order valence-electron chi connectivity index (χ4n) is 1.99. The molecule has 0 bridgehead atoms. The first-order valence-electron chi connectivity index (χ1n) is 6.29. The Labute approximate surface area is 108 Å². The summed E-state index contributed by atoms with van der Waals surface area (Å²) in [5.74, 6) is 1.04. The van der Waals surface area contributed by atoms with Crippen molar-refractivity contribution in [3.05, 3.63) is 0 Å². The van der Waals surface area contributed by atoms with Crippen LogP contribution in [-0.2, 0) is 9.53 Å². The van der Waals surface area contributed by atoms with Crippen molar-refractivity contribution in [1.29, 1.82) is 0 Å². The van der Waals surface area contributed by atoms with Gasteiger partial charge in [-0.05, 0) is 26.1 Å². The zero-order chi connectivity index (χ0) is 12.7. The van der Waals surface area contributed by atoms with Crippen molar-refractivity contribution >= 4 is 17.7 Å². The average molecular weight is 260 g/mol. The smallest absolute Gasteiger partial charge is 0.227 e. The number of hydrogen-bond acceptors (Lipinski definition) is 4. The molecule has 1 heterocycles. The summed E-state index contributed by atoms with van der Waals surface area (Å²) < 4.78 is 5.40. The molecule has 1 fully saturated rings. The van der Waals surface area contributed by atoms with Gasteiger partial charge in [-0.2, -0.15) is 11.8 Å². The number of amides is 1. The van der Waals surface area contributed by atoms with Crippen LogP contribution in [0.4, 0.5) is 0 Å². The zero-order valence-electron chi connectivity index (χ0n) is 11.0. The second-order valence-corrected chi connectivity index (χ2v) is 5.48. The molecular weight excluding hydrogens is 236 g/mol. The molecule has 0 saturated carbocycles. The second kappa shape index (κ2) is 7.95. The van der Waals surface area contributed by atoms with E-state index in [1.807, 2.05) is 13.2 Å². The Bertz CT molecular complexity index is 239. The third-order valence-electron chi connectivity index (χ3n) is 2.88. The van der Waals surface area contributed by atoms with Crippen LogP contribution in [0.5, 0.6) is 0 Å². The maximum absolute atomic E-state index is 12.1. The first-order valence-corrected chi connectivity index (χ1v) is 7.68. The van der Waals surface area contributed by atoms with Crippen molar-refractivity contribution in [2.45, 2.75) is 32.4 Å². The number of ether oxygens (including phenoxy) is 1. The van der Waals surface area contributed by atoms with E-state index in [0.717, 1.165) is 18.7 Å². The molecular formula is C12H24N2O2S. The Morgan fingerprint density at radius 3 is 2.94 bits per heavy atom. The SMILES string of the molecule is CCCNC1COCC1C(=O)NC(C)CSC. The maximum atomic E-state index is 12.1. The summed E-state index contributed by atoms with van der Waals surface area (Å²) in [6.45, 7) is 6.30. The normalized spacial score (nSPS) is 25.8. The third-order valence-corrected chi connectivity index (χ3v) is 3.71. The van der Waals surface area contributed by atoms with Gasteiger partial charge in [0.2, 0.25) is 5.91 Å². The van der Waals surface area contributed by atoms with E-state index >= 15 is 0 Å². The van der Waals surface area contributed by atoms with Crippen LogP contribution in [0.15, 0.2) is 0 Å². The average Bonchev–Trinajstić information content (AvgIpc) is 2.74. The molecule has 1 amide bonds. The Hall–Kier alpha value is -0.260. The van der Waals surface area contributed by atoms with Gasteiger partial charge in [0, 0.05) is 17.8 Å². The maximum Gasteiger partial charge on any atom is 0.227 e. The van der Waals surface area contributed by atoms with Gasteiger partial charge in [-0.3, -0.25) is 4.79 Å². The lowest BCUT2D eigenvalue weighted by molar-refractivity contribution is -0.125. The van der Waals surface area contributed by atoms with E-state index in [2.05, 4.69) is 17.6 Å². The zero-order valence-corrected chi connectivity index (χ0v) is 11.8. The molecule has 3 unspecified atom stereocenters. The highest BCUT2D eigenvalue weighted by Gasteiger charge is 2.33. The number of rotatable bonds is 7. The van der Waals surface area contributed by atoms with Crippen molar-refractivity contribution in [1.82, 2.24) is 10.6 Å². The van der Waals surface area contributed by atoms with E-state index in [9.17, 15) is 4.79 Å². The summed E-state index contributed by atoms with van der Waals surface area (Å²) in [7, 11) is 0. The lowest BCUT2D eigenvalue weighted by Gasteiger charge is -2.20. The predicted octanol–water partition coefficient (Wildman–Crippen LogP) is 0.869. The summed E-state index contributed by atoms with van der Waals surface area (Å²) in [6, 6.07) is 0.404. The summed E-state index contributed by atoms with van der Waals surface area (Å²) in [5, 5.41) is 6.43. The molecule has 0 aliphatic carbocycles. The van der Waals surface area contributed by atoms with Gasteiger partial charge in [0.1, 0.15) is 0 Å². The minimum Gasteiger partial charge on any atom is -0.379 e. The summed E-state index contributed by atoms with van der Waals surface area (Å²) >= 11 is 1.75. The fraction of sp³-hybridized carbons (Fsp3) is 0.917. The standard InChI is InChI=1S/C12H24N2O2S/c1-4-5-13-11-7-16-6-10(11)12(15)14-9(2)8-17-3/h9-11,13H,4-8H2,1-3H3,(H,14,15). The first-order chi connectivity index (χ1) is 8.19. The minimum atomic E-state index is -0.0362. The van der Waals surface area contributed by atoms with E-state index < -0.39 is 0 Å². The molecule has 17 heavy (non-hydrogen) atoms. The van der Waals surface area contributed by atoms with Crippen LogP contribution in [0, 0.1) is 5.92 Å². The predicted molar refractivity (Wildman–Crippen MR) is 72.4 cm³/mol. The van der Waals surface area contributed by atoms with Crippen LogP contribution in [0.2, 0.25) is 0 Å². The van der Waals surface area contributed by atoms with E-state index in [1.165, 1.54) is 0 Å². The molecule has 0 aromatic rings. The highest BCUT2D eigenvalue weighted by molar-refractivity contribution is 7.98. The van der Waals surface area contributed by atoms with Crippen LogP contribution < -0.4 is 10.6 Å². The lowest BCUT2D eigenvalue weighted by Crippen LogP contribution is -2.46. The minimum absolute atomic E-state index is 0.0362. The van der Waals surface area contributed by atoms with Crippen LogP contribution in [-0.4, -0.2) is 49.8 Å². The first kappa shape index (κ1) is 14.8. The van der Waals surface area contributed by atoms with Gasteiger partial charge in [0.25, 0.3) is 0 Å². The Morgan fingerprint density at radius 1 is 1.53 bits per heavy atom. The number of carbonyl (C=O) groups is 1. The highest BCUT2D eigenvalue weighted by atomic mass is 32.2. The van der Waals surface area contributed by atoms with Gasteiger partial charge < -0.3 is 15.4 Å². The highest BCUT2D eigenvalue weighted by Crippen LogP contribution is 2.14. The van der Waals surface area contributed by atoms with Crippen molar-refractivity contribution < 1.29 is 9.53 Å². The largest absolute Gasteiger partial charge is 0.379 e. The van der Waals surface area contributed by atoms with Crippen molar-refractivity contribution in [3.63, 3.8) is 0 Å². The molecule has 4 nitrogen and oxygen atoms in total. The van der Waals surface area contributed by atoms with Gasteiger partial charge in [0.15, 0.2) is 0 Å². The monoisotopic (exact) mass is 260 g/mol. The number of hydrogen-bond donors (Lipinski definition) is 2. The van der Waals surface area contributed by atoms with Crippen molar-refractivity contribution in [3.8, 4) is 0 Å². The molecule has 3 atom stereocenters. The molecule has 0 aromatic carbocycles. The van der Waals surface area contributed by atoms with Gasteiger partial charge in [-0.25, -0.2) is 0 Å². The van der Waals surface area contributed by atoms with E-state index in [4.69, 9.17) is 4.74 Å². The Balaban J connectivity index is 2.38. The van der Waals surface area contributed by atoms with Crippen molar-refractivity contribution in [2.75, 3.05) is 31.8 Å². The molecule has 5 heteroatoms. The van der Waals surface area contributed by atoms with Crippen LogP contribution in [0.25, 0.3) is 0 Å². The quantitative estimate of drug-likeness (QED) is 0.713. The van der Waals surface area contributed by atoms with Crippen LogP contribution in [0.1, 0.15) is 20.3 Å². The van der Waals surface area contributed by atoms with Gasteiger partial charge in [0.05, 0.1) is 19.1 Å².